The maximum absolute atomic E-state index is 5.47. The van der Waals surface area contributed by atoms with Crippen LogP contribution in [0.3, 0.4) is 0 Å². The number of ether oxygens (including phenoxy) is 1. The predicted molar refractivity (Wildman–Crippen MR) is 36.9 cm³/mol. The molecule has 54 valence electrons. The molecule has 0 saturated heterocycles. The van der Waals surface area contributed by atoms with E-state index < -0.39 is 0 Å². The fourth-order valence-corrected chi connectivity index (χ4v) is 0.977. The fraction of sp³-hybridized carbons (Fsp3) is 0.571. The van der Waals surface area contributed by atoms with Crippen molar-refractivity contribution in [3.05, 3.63) is 12.3 Å². The highest BCUT2D eigenvalue weighted by Gasteiger charge is 2.19. The molecular formula is C7H10N2O. The van der Waals surface area contributed by atoms with Gasteiger partial charge in [-0.05, 0) is 19.3 Å². The van der Waals surface area contributed by atoms with Crippen molar-refractivity contribution < 1.29 is 4.74 Å². The summed E-state index contributed by atoms with van der Waals surface area (Å²) in [4.78, 5) is 0. The normalized spacial score (nSPS) is 18.4. The molecule has 10 heavy (non-hydrogen) atoms. The molecule has 1 aliphatic rings. The Balaban J connectivity index is 1.90. The molecule has 0 amide bonds. The molecule has 1 N–H and O–H groups in total. The first-order chi connectivity index (χ1) is 4.95. The van der Waals surface area contributed by atoms with E-state index in [2.05, 4.69) is 10.2 Å². The number of H-pyrrole nitrogens is 1. The van der Waals surface area contributed by atoms with Crippen LogP contribution in [0.15, 0.2) is 12.3 Å². The van der Waals surface area contributed by atoms with Crippen molar-refractivity contribution >= 4 is 0 Å². The summed E-state index contributed by atoms with van der Waals surface area (Å²) < 4.78 is 5.47. The Morgan fingerprint density at radius 3 is 3.00 bits per heavy atom. The summed E-state index contributed by atoms with van der Waals surface area (Å²) in [5.41, 5.74) is 0. The van der Waals surface area contributed by atoms with E-state index in [-0.39, 0.29) is 0 Å². The number of nitrogens with one attached hydrogen (secondary N) is 1. The van der Waals surface area contributed by atoms with E-state index in [0.29, 0.717) is 6.10 Å². The second kappa shape index (κ2) is 2.33. The van der Waals surface area contributed by atoms with Crippen molar-refractivity contribution in [2.75, 3.05) is 0 Å². The maximum Gasteiger partial charge on any atom is 0.209 e. The lowest BCUT2D eigenvalue weighted by atomic mass is 9.96. The molecule has 0 radical (unpaired) electrons. The number of aromatic amines is 1. The van der Waals surface area contributed by atoms with Crippen molar-refractivity contribution in [1.82, 2.24) is 10.2 Å². The molecular weight excluding hydrogens is 128 g/mol. The zero-order valence-corrected chi connectivity index (χ0v) is 5.71. The van der Waals surface area contributed by atoms with Crippen molar-refractivity contribution in [3.63, 3.8) is 0 Å². The SMILES string of the molecule is c1cc(OC2CCC2)[nH]n1. The van der Waals surface area contributed by atoms with E-state index in [1.807, 2.05) is 6.07 Å². The van der Waals surface area contributed by atoms with Gasteiger partial charge in [-0.2, -0.15) is 5.10 Å². The third-order valence-corrected chi connectivity index (χ3v) is 1.82. The summed E-state index contributed by atoms with van der Waals surface area (Å²) in [6.45, 7) is 0. The second-order valence-electron chi connectivity index (χ2n) is 2.59. The molecule has 0 aliphatic heterocycles. The summed E-state index contributed by atoms with van der Waals surface area (Å²) in [5.74, 6) is 0.796. The average Bonchev–Trinajstić information content (AvgIpc) is 2.29. The van der Waals surface area contributed by atoms with Crippen LogP contribution in [-0.4, -0.2) is 16.3 Å². The van der Waals surface area contributed by atoms with Crippen LogP contribution in [0.2, 0.25) is 0 Å². The van der Waals surface area contributed by atoms with Gasteiger partial charge in [0.2, 0.25) is 5.88 Å². The Hall–Kier alpha value is -0.990. The molecule has 1 heterocycles. The molecule has 0 atom stereocenters. The number of hydrogen-bond donors (Lipinski definition) is 1. The van der Waals surface area contributed by atoms with Gasteiger partial charge in [0.05, 0.1) is 6.20 Å². The van der Waals surface area contributed by atoms with Crippen LogP contribution in [0, 0.1) is 0 Å². The summed E-state index contributed by atoms with van der Waals surface area (Å²) in [6.07, 6.45) is 5.84. The molecule has 1 fully saturated rings. The standard InChI is InChI=1S/C7H10N2O/c1-2-6(3-1)10-7-4-5-8-9-7/h4-6H,1-3H2,(H,8,9). The molecule has 1 aromatic heterocycles. The van der Waals surface area contributed by atoms with Gasteiger partial charge in [0.15, 0.2) is 0 Å². The van der Waals surface area contributed by atoms with Gasteiger partial charge in [-0.3, -0.25) is 0 Å². The zero-order chi connectivity index (χ0) is 6.81. The lowest BCUT2D eigenvalue weighted by Gasteiger charge is -2.24. The van der Waals surface area contributed by atoms with Crippen LogP contribution in [-0.2, 0) is 0 Å². The molecule has 3 nitrogen and oxygen atoms in total. The third kappa shape index (κ3) is 0.988. The minimum atomic E-state index is 0.445. The van der Waals surface area contributed by atoms with E-state index in [1.54, 1.807) is 6.20 Å². The van der Waals surface area contributed by atoms with Crippen LogP contribution in [0.1, 0.15) is 19.3 Å². The molecule has 1 saturated carbocycles. The number of rotatable bonds is 2. The highest BCUT2D eigenvalue weighted by Crippen LogP contribution is 2.23. The molecule has 0 bridgehead atoms. The van der Waals surface area contributed by atoms with Gasteiger partial charge < -0.3 is 4.74 Å². The third-order valence-electron chi connectivity index (χ3n) is 1.82. The first-order valence-electron chi connectivity index (χ1n) is 3.61. The zero-order valence-electron chi connectivity index (χ0n) is 5.71. The largest absolute Gasteiger partial charge is 0.475 e. The van der Waals surface area contributed by atoms with Crippen molar-refractivity contribution in [1.29, 1.82) is 0 Å². The average molecular weight is 138 g/mol. The molecule has 1 aromatic rings. The highest BCUT2D eigenvalue weighted by atomic mass is 16.5. The molecule has 0 aromatic carbocycles. The Kier molecular flexibility index (Phi) is 1.34. The number of aromatic nitrogens is 2. The molecule has 3 heteroatoms. The topological polar surface area (TPSA) is 37.9 Å². The Labute approximate surface area is 59.4 Å². The first-order valence-corrected chi connectivity index (χ1v) is 3.61. The number of hydrogen-bond acceptors (Lipinski definition) is 2. The Bertz CT molecular complexity index is 191. The van der Waals surface area contributed by atoms with Gasteiger partial charge in [0.1, 0.15) is 6.10 Å². The van der Waals surface area contributed by atoms with Crippen molar-refractivity contribution in [3.8, 4) is 5.88 Å². The Morgan fingerprint density at radius 1 is 1.60 bits per heavy atom. The minimum absolute atomic E-state index is 0.445. The van der Waals surface area contributed by atoms with Crippen LogP contribution in [0.5, 0.6) is 5.88 Å². The van der Waals surface area contributed by atoms with Crippen LogP contribution in [0.4, 0.5) is 0 Å². The lowest BCUT2D eigenvalue weighted by molar-refractivity contribution is 0.114. The van der Waals surface area contributed by atoms with Crippen molar-refractivity contribution in [2.24, 2.45) is 0 Å². The van der Waals surface area contributed by atoms with Gasteiger partial charge in [0.25, 0.3) is 0 Å². The summed E-state index contributed by atoms with van der Waals surface area (Å²) in [6, 6.07) is 1.85. The second-order valence-corrected chi connectivity index (χ2v) is 2.59. The summed E-state index contributed by atoms with van der Waals surface area (Å²) >= 11 is 0. The molecule has 0 spiro atoms. The van der Waals surface area contributed by atoms with Gasteiger partial charge in [-0.15, -0.1) is 0 Å². The van der Waals surface area contributed by atoms with Gasteiger partial charge in [0, 0.05) is 6.07 Å². The monoisotopic (exact) mass is 138 g/mol. The van der Waals surface area contributed by atoms with E-state index >= 15 is 0 Å². The highest BCUT2D eigenvalue weighted by molar-refractivity contribution is 5.05. The van der Waals surface area contributed by atoms with Gasteiger partial charge in [-0.1, -0.05) is 0 Å². The van der Waals surface area contributed by atoms with Gasteiger partial charge in [-0.25, -0.2) is 5.10 Å². The smallest absolute Gasteiger partial charge is 0.209 e. The van der Waals surface area contributed by atoms with Crippen LogP contribution in [0.25, 0.3) is 0 Å². The maximum atomic E-state index is 5.47. The number of nitrogens with zero attached hydrogens (tertiary/aromatic N) is 1. The van der Waals surface area contributed by atoms with Gasteiger partial charge >= 0.3 is 0 Å². The summed E-state index contributed by atoms with van der Waals surface area (Å²) in [5, 5.41) is 6.55. The van der Waals surface area contributed by atoms with Crippen molar-refractivity contribution in [2.45, 2.75) is 25.4 Å². The quantitative estimate of drug-likeness (QED) is 0.669. The van der Waals surface area contributed by atoms with E-state index in [1.165, 1.54) is 19.3 Å². The fourth-order valence-electron chi connectivity index (χ4n) is 0.977. The molecule has 1 aliphatic carbocycles. The lowest BCUT2D eigenvalue weighted by Crippen LogP contribution is -2.24. The molecule has 2 rings (SSSR count). The van der Waals surface area contributed by atoms with E-state index in [4.69, 9.17) is 4.74 Å². The van der Waals surface area contributed by atoms with Crippen LogP contribution < -0.4 is 4.74 Å². The van der Waals surface area contributed by atoms with E-state index in [0.717, 1.165) is 5.88 Å². The first kappa shape index (κ1) is 5.77. The minimum Gasteiger partial charge on any atom is -0.475 e. The van der Waals surface area contributed by atoms with Crippen LogP contribution >= 0.6 is 0 Å². The molecule has 0 unspecified atom stereocenters. The predicted octanol–water partition coefficient (Wildman–Crippen LogP) is 1.34. The van der Waals surface area contributed by atoms with E-state index in [9.17, 15) is 0 Å². The summed E-state index contributed by atoms with van der Waals surface area (Å²) in [7, 11) is 0. The Morgan fingerprint density at radius 2 is 2.50 bits per heavy atom.